The van der Waals surface area contributed by atoms with Crippen LogP contribution in [-0.4, -0.2) is 53.2 Å². The van der Waals surface area contributed by atoms with Gasteiger partial charge in [-0.2, -0.15) is 13.2 Å². The van der Waals surface area contributed by atoms with Gasteiger partial charge in [0, 0.05) is 38.0 Å². The number of aliphatic imine (C=N–C) groups is 1. The quantitative estimate of drug-likeness (QED) is 0.649. The highest BCUT2D eigenvalue weighted by molar-refractivity contribution is 7.09. The van der Waals surface area contributed by atoms with Gasteiger partial charge in [-0.1, -0.05) is 0 Å². The lowest BCUT2D eigenvalue weighted by Gasteiger charge is -2.20. The molecule has 1 atom stereocenters. The SMILES string of the molecule is CCNC(=NCCc1nc(C(F)(F)F)cs1)N1CC[C@@H](O)C1. The van der Waals surface area contributed by atoms with Crippen molar-refractivity contribution in [1.29, 1.82) is 0 Å². The van der Waals surface area contributed by atoms with E-state index in [9.17, 15) is 18.3 Å². The molecule has 22 heavy (non-hydrogen) atoms. The number of guanidine groups is 1. The first-order valence-electron chi connectivity index (χ1n) is 7.13. The Morgan fingerprint density at radius 3 is 2.91 bits per heavy atom. The standard InChI is InChI=1S/C13H19F3N4OS/c1-2-17-12(20-6-4-9(21)7-20)18-5-3-11-19-10(8-22-11)13(14,15)16/h8-9,21H,2-7H2,1H3,(H,17,18)/t9-/m1/s1. The number of hydrogen-bond donors (Lipinski definition) is 2. The molecule has 0 amide bonds. The van der Waals surface area contributed by atoms with Crippen molar-refractivity contribution in [3.8, 4) is 0 Å². The Labute approximate surface area is 130 Å². The molecule has 0 unspecified atom stereocenters. The highest BCUT2D eigenvalue weighted by Gasteiger charge is 2.33. The fraction of sp³-hybridized carbons (Fsp3) is 0.692. The Hall–Kier alpha value is -1.35. The summed E-state index contributed by atoms with van der Waals surface area (Å²) in [6, 6.07) is 0. The Morgan fingerprint density at radius 2 is 2.36 bits per heavy atom. The zero-order valence-corrected chi connectivity index (χ0v) is 13.0. The van der Waals surface area contributed by atoms with Crippen molar-refractivity contribution in [3.63, 3.8) is 0 Å². The van der Waals surface area contributed by atoms with Gasteiger partial charge in [-0.15, -0.1) is 11.3 Å². The first-order chi connectivity index (χ1) is 10.4. The van der Waals surface area contributed by atoms with Gasteiger partial charge < -0.3 is 15.3 Å². The molecule has 0 aliphatic carbocycles. The van der Waals surface area contributed by atoms with Crippen LogP contribution in [-0.2, 0) is 12.6 Å². The summed E-state index contributed by atoms with van der Waals surface area (Å²) in [6.45, 7) is 4.25. The molecule has 0 radical (unpaired) electrons. The van der Waals surface area contributed by atoms with Gasteiger partial charge in [0.05, 0.1) is 11.1 Å². The lowest BCUT2D eigenvalue weighted by atomic mass is 10.3. The third-order valence-electron chi connectivity index (χ3n) is 3.23. The monoisotopic (exact) mass is 336 g/mol. The molecule has 1 saturated heterocycles. The normalized spacial score (nSPS) is 19.8. The molecule has 2 rings (SSSR count). The number of likely N-dealkylation sites (tertiary alicyclic amines) is 1. The van der Waals surface area contributed by atoms with Crippen molar-refractivity contribution in [3.05, 3.63) is 16.1 Å². The predicted molar refractivity (Wildman–Crippen MR) is 79.0 cm³/mol. The summed E-state index contributed by atoms with van der Waals surface area (Å²) in [7, 11) is 0. The van der Waals surface area contributed by atoms with E-state index >= 15 is 0 Å². The molecule has 2 N–H and O–H groups in total. The maximum Gasteiger partial charge on any atom is 0.434 e. The van der Waals surface area contributed by atoms with Gasteiger partial charge in [0.15, 0.2) is 11.7 Å². The second kappa shape index (κ2) is 7.28. The molecular weight excluding hydrogens is 317 g/mol. The molecule has 1 aliphatic heterocycles. The molecule has 124 valence electrons. The van der Waals surface area contributed by atoms with Crippen LogP contribution < -0.4 is 5.32 Å². The molecule has 0 spiro atoms. The Balaban J connectivity index is 1.92. The molecule has 9 heteroatoms. The van der Waals surface area contributed by atoms with Gasteiger partial charge in [0.25, 0.3) is 0 Å². The van der Waals surface area contributed by atoms with Gasteiger partial charge in [-0.25, -0.2) is 4.98 Å². The van der Waals surface area contributed by atoms with Crippen LogP contribution in [0.2, 0.25) is 0 Å². The lowest BCUT2D eigenvalue weighted by Crippen LogP contribution is -2.40. The lowest BCUT2D eigenvalue weighted by molar-refractivity contribution is -0.140. The molecule has 1 aromatic heterocycles. The predicted octanol–water partition coefficient (Wildman–Crippen LogP) is 1.74. The zero-order valence-electron chi connectivity index (χ0n) is 12.2. The molecule has 2 heterocycles. The van der Waals surface area contributed by atoms with Crippen molar-refractivity contribution in [2.24, 2.45) is 4.99 Å². The van der Waals surface area contributed by atoms with Gasteiger partial charge in [0.2, 0.25) is 0 Å². The molecular formula is C13H19F3N4OS. The van der Waals surface area contributed by atoms with E-state index in [-0.39, 0.29) is 6.10 Å². The van der Waals surface area contributed by atoms with Crippen LogP contribution >= 0.6 is 11.3 Å². The third kappa shape index (κ3) is 4.57. The highest BCUT2D eigenvalue weighted by atomic mass is 32.1. The topological polar surface area (TPSA) is 60.8 Å². The van der Waals surface area contributed by atoms with Crippen LogP contribution in [0.1, 0.15) is 24.0 Å². The number of aliphatic hydroxyl groups excluding tert-OH is 1. The minimum atomic E-state index is -4.39. The van der Waals surface area contributed by atoms with Crippen molar-refractivity contribution in [1.82, 2.24) is 15.2 Å². The van der Waals surface area contributed by atoms with Crippen molar-refractivity contribution in [2.75, 3.05) is 26.2 Å². The number of nitrogens with zero attached hydrogens (tertiary/aromatic N) is 3. The number of halogens is 3. The van der Waals surface area contributed by atoms with E-state index in [4.69, 9.17) is 0 Å². The summed E-state index contributed by atoms with van der Waals surface area (Å²) < 4.78 is 37.4. The number of alkyl halides is 3. The molecule has 5 nitrogen and oxygen atoms in total. The van der Waals surface area contributed by atoms with Gasteiger partial charge in [-0.3, -0.25) is 4.99 Å². The van der Waals surface area contributed by atoms with Crippen LogP contribution in [0.15, 0.2) is 10.4 Å². The largest absolute Gasteiger partial charge is 0.434 e. The minimum Gasteiger partial charge on any atom is -0.391 e. The van der Waals surface area contributed by atoms with E-state index in [0.29, 0.717) is 43.4 Å². The second-order valence-corrected chi connectivity index (χ2v) is 5.94. The molecule has 1 aromatic rings. The average molecular weight is 336 g/mol. The summed E-state index contributed by atoms with van der Waals surface area (Å²) >= 11 is 1.000. The van der Waals surface area contributed by atoms with Crippen molar-refractivity contribution in [2.45, 2.75) is 32.0 Å². The number of aliphatic hydroxyl groups is 1. The van der Waals surface area contributed by atoms with Gasteiger partial charge in [-0.05, 0) is 13.3 Å². The van der Waals surface area contributed by atoms with Gasteiger partial charge in [0.1, 0.15) is 0 Å². The van der Waals surface area contributed by atoms with Crippen LogP contribution in [0, 0.1) is 0 Å². The highest BCUT2D eigenvalue weighted by Crippen LogP contribution is 2.30. The summed E-state index contributed by atoms with van der Waals surface area (Å²) in [5.41, 5.74) is -0.842. The fourth-order valence-electron chi connectivity index (χ4n) is 2.17. The number of aromatic nitrogens is 1. The minimum absolute atomic E-state index is 0.350. The number of β-amino-alcohol motifs (C(OH)–C–C–N with tert-alkyl or cyclic N) is 1. The number of rotatable bonds is 4. The maximum atomic E-state index is 12.5. The van der Waals surface area contributed by atoms with E-state index in [0.717, 1.165) is 23.3 Å². The number of hydrogen-bond acceptors (Lipinski definition) is 4. The Bertz CT molecular complexity index is 518. The molecule has 1 fully saturated rings. The third-order valence-corrected chi connectivity index (χ3v) is 4.14. The van der Waals surface area contributed by atoms with Crippen molar-refractivity contribution >= 4 is 17.3 Å². The fourth-order valence-corrected chi connectivity index (χ4v) is 2.97. The first-order valence-corrected chi connectivity index (χ1v) is 8.01. The van der Waals surface area contributed by atoms with Gasteiger partial charge >= 0.3 is 6.18 Å². The Morgan fingerprint density at radius 1 is 1.59 bits per heavy atom. The summed E-state index contributed by atoms with van der Waals surface area (Å²) in [5.74, 6) is 0.687. The van der Waals surface area contributed by atoms with E-state index in [2.05, 4.69) is 15.3 Å². The van der Waals surface area contributed by atoms with E-state index in [1.165, 1.54) is 0 Å². The molecule has 0 saturated carbocycles. The summed E-state index contributed by atoms with van der Waals surface area (Å²) in [4.78, 5) is 9.94. The summed E-state index contributed by atoms with van der Waals surface area (Å²) in [6.07, 6.45) is -3.67. The Kier molecular flexibility index (Phi) is 5.63. The molecule has 1 aliphatic rings. The van der Waals surface area contributed by atoms with Crippen molar-refractivity contribution < 1.29 is 18.3 Å². The summed E-state index contributed by atoms with van der Waals surface area (Å²) in [5, 5.41) is 14.1. The average Bonchev–Trinajstić information content (AvgIpc) is 3.06. The van der Waals surface area contributed by atoms with Crippen LogP contribution in [0.25, 0.3) is 0 Å². The van der Waals surface area contributed by atoms with E-state index in [1.54, 1.807) is 0 Å². The zero-order chi connectivity index (χ0) is 16.2. The first kappa shape index (κ1) is 17.0. The number of thiazole rings is 1. The van der Waals surface area contributed by atoms with Crippen LogP contribution in [0.3, 0.4) is 0 Å². The van der Waals surface area contributed by atoms with E-state index < -0.39 is 11.9 Å². The number of nitrogens with one attached hydrogen (secondary N) is 1. The second-order valence-electron chi connectivity index (χ2n) is 5.00. The maximum absolute atomic E-state index is 12.5. The van der Waals surface area contributed by atoms with Crippen LogP contribution in [0.4, 0.5) is 13.2 Å². The molecule has 0 bridgehead atoms. The van der Waals surface area contributed by atoms with Crippen LogP contribution in [0.5, 0.6) is 0 Å². The smallest absolute Gasteiger partial charge is 0.391 e. The molecule has 0 aromatic carbocycles. The van der Waals surface area contributed by atoms with E-state index in [1.807, 2.05) is 11.8 Å².